The number of hydrogen-bond donors (Lipinski definition) is 2. The highest BCUT2D eigenvalue weighted by Crippen LogP contribution is 2.21. The maximum absolute atomic E-state index is 13.0. The molecule has 8 nitrogen and oxygen atoms in total. The summed E-state index contributed by atoms with van der Waals surface area (Å²) < 4.78 is 13.0. The zero-order chi connectivity index (χ0) is 21.8. The fraction of sp³-hybridized carbons (Fsp3) is 0.0909. The molecule has 4 aromatic rings. The lowest BCUT2D eigenvalue weighted by Crippen LogP contribution is -2.32. The quantitative estimate of drug-likeness (QED) is 0.484. The van der Waals surface area contributed by atoms with Crippen LogP contribution in [0.5, 0.6) is 0 Å². The van der Waals surface area contributed by atoms with Crippen LogP contribution in [0, 0.1) is 5.95 Å². The topological polar surface area (TPSA) is 114 Å². The van der Waals surface area contributed by atoms with Gasteiger partial charge in [0.05, 0.1) is 6.04 Å². The third kappa shape index (κ3) is 4.50. The molecule has 4 rings (SSSR count). The highest BCUT2D eigenvalue weighted by atomic mass is 19.1. The molecule has 0 bridgehead atoms. The van der Waals surface area contributed by atoms with Gasteiger partial charge >= 0.3 is 0 Å². The summed E-state index contributed by atoms with van der Waals surface area (Å²) in [6.07, 6.45) is 4.18. The number of rotatable bonds is 5. The SMILES string of the molecule is C[C@H](NC(=O)c1cnc(-c2cccnn2)[nH]c1=O)c1ccc(-c2ccc(F)nc2)cc1. The Morgan fingerprint density at radius 1 is 1.03 bits per heavy atom. The van der Waals surface area contributed by atoms with Crippen molar-refractivity contribution in [2.45, 2.75) is 13.0 Å². The third-order valence-corrected chi connectivity index (χ3v) is 4.68. The van der Waals surface area contributed by atoms with Gasteiger partial charge in [0.25, 0.3) is 11.5 Å². The summed E-state index contributed by atoms with van der Waals surface area (Å²) in [6, 6.07) is 13.3. The van der Waals surface area contributed by atoms with Crippen LogP contribution < -0.4 is 10.9 Å². The summed E-state index contributed by atoms with van der Waals surface area (Å²) in [6.45, 7) is 1.81. The first-order valence-electron chi connectivity index (χ1n) is 9.41. The Morgan fingerprint density at radius 3 is 2.45 bits per heavy atom. The number of aromatic nitrogens is 5. The first-order chi connectivity index (χ1) is 15.0. The van der Waals surface area contributed by atoms with E-state index in [2.05, 4.69) is 30.5 Å². The molecule has 0 saturated carbocycles. The molecule has 31 heavy (non-hydrogen) atoms. The summed E-state index contributed by atoms with van der Waals surface area (Å²) in [5.74, 6) is -0.849. The largest absolute Gasteiger partial charge is 0.345 e. The van der Waals surface area contributed by atoms with Gasteiger partial charge in [-0.05, 0) is 42.3 Å². The Labute approximate surface area is 176 Å². The molecule has 0 aliphatic rings. The van der Waals surface area contributed by atoms with Crippen molar-refractivity contribution in [2.24, 2.45) is 0 Å². The highest BCUT2D eigenvalue weighted by molar-refractivity contribution is 5.93. The Kier molecular flexibility index (Phi) is 5.57. The molecule has 0 unspecified atom stereocenters. The predicted molar refractivity (Wildman–Crippen MR) is 111 cm³/mol. The summed E-state index contributed by atoms with van der Waals surface area (Å²) in [7, 11) is 0. The molecule has 2 N–H and O–H groups in total. The number of nitrogens with zero attached hydrogens (tertiary/aromatic N) is 4. The van der Waals surface area contributed by atoms with Crippen LogP contribution in [0.2, 0.25) is 0 Å². The van der Waals surface area contributed by atoms with Crippen LogP contribution in [0.4, 0.5) is 4.39 Å². The van der Waals surface area contributed by atoms with E-state index in [1.165, 1.54) is 24.7 Å². The zero-order valence-electron chi connectivity index (χ0n) is 16.4. The van der Waals surface area contributed by atoms with E-state index in [9.17, 15) is 14.0 Å². The molecule has 1 amide bonds. The Hall–Kier alpha value is -4.27. The molecule has 3 aromatic heterocycles. The molecule has 0 fully saturated rings. The van der Waals surface area contributed by atoms with Gasteiger partial charge in [0.2, 0.25) is 5.95 Å². The number of H-pyrrole nitrogens is 1. The van der Waals surface area contributed by atoms with E-state index in [0.717, 1.165) is 16.7 Å². The lowest BCUT2D eigenvalue weighted by molar-refractivity contribution is 0.0938. The zero-order valence-corrected chi connectivity index (χ0v) is 16.4. The second kappa shape index (κ2) is 8.62. The van der Waals surface area contributed by atoms with Crippen molar-refractivity contribution < 1.29 is 9.18 Å². The number of benzene rings is 1. The molecule has 0 radical (unpaired) electrons. The number of aromatic amines is 1. The molecule has 1 aromatic carbocycles. The van der Waals surface area contributed by atoms with E-state index >= 15 is 0 Å². The van der Waals surface area contributed by atoms with E-state index < -0.39 is 17.4 Å². The number of halogens is 1. The van der Waals surface area contributed by atoms with Gasteiger partial charge in [-0.2, -0.15) is 9.49 Å². The van der Waals surface area contributed by atoms with Crippen LogP contribution in [0.25, 0.3) is 22.6 Å². The van der Waals surface area contributed by atoms with Crippen molar-refractivity contribution in [1.29, 1.82) is 0 Å². The van der Waals surface area contributed by atoms with Crippen molar-refractivity contribution in [3.8, 4) is 22.6 Å². The minimum atomic E-state index is -0.570. The van der Waals surface area contributed by atoms with Crippen LogP contribution in [0.1, 0.15) is 28.9 Å². The second-order valence-corrected chi connectivity index (χ2v) is 6.77. The average molecular weight is 416 g/mol. The van der Waals surface area contributed by atoms with Crippen LogP contribution >= 0.6 is 0 Å². The normalized spacial score (nSPS) is 11.7. The molecule has 0 spiro atoms. The van der Waals surface area contributed by atoms with Gasteiger partial charge in [0.15, 0.2) is 5.82 Å². The molecule has 9 heteroatoms. The van der Waals surface area contributed by atoms with Gasteiger partial charge < -0.3 is 10.3 Å². The monoisotopic (exact) mass is 416 g/mol. The number of amides is 1. The Morgan fingerprint density at radius 2 is 1.81 bits per heavy atom. The van der Waals surface area contributed by atoms with Gasteiger partial charge in [0.1, 0.15) is 11.3 Å². The summed E-state index contributed by atoms with van der Waals surface area (Å²) >= 11 is 0. The van der Waals surface area contributed by atoms with Crippen LogP contribution in [-0.4, -0.2) is 31.1 Å². The Bertz CT molecular complexity index is 1260. The summed E-state index contributed by atoms with van der Waals surface area (Å²) in [5.41, 5.74) is 2.22. The smallest absolute Gasteiger partial charge is 0.264 e. The fourth-order valence-corrected chi connectivity index (χ4v) is 2.98. The second-order valence-electron chi connectivity index (χ2n) is 6.77. The van der Waals surface area contributed by atoms with E-state index in [4.69, 9.17) is 0 Å². The first-order valence-corrected chi connectivity index (χ1v) is 9.41. The molecule has 1 atom stereocenters. The van der Waals surface area contributed by atoms with Crippen molar-refractivity contribution >= 4 is 5.91 Å². The van der Waals surface area contributed by atoms with Gasteiger partial charge in [-0.3, -0.25) is 9.59 Å². The highest BCUT2D eigenvalue weighted by Gasteiger charge is 2.16. The van der Waals surface area contributed by atoms with Crippen LogP contribution in [-0.2, 0) is 0 Å². The Balaban J connectivity index is 1.47. The molecule has 0 aliphatic heterocycles. The van der Waals surface area contributed by atoms with Crippen molar-refractivity contribution in [3.63, 3.8) is 0 Å². The van der Waals surface area contributed by atoms with E-state index in [0.29, 0.717) is 5.69 Å². The fourth-order valence-electron chi connectivity index (χ4n) is 2.98. The van der Waals surface area contributed by atoms with Crippen LogP contribution in [0.3, 0.4) is 0 Å². The van der Waals surface area contributed by atoms with Gasteiger partial charge in [-0.15, -0.1) is 5.10 Å². The minimum absolute atomic E-state index is 0.103. The van der Waals surface area contributed by atoms with E-state index in [1.54, 1.807) is 18.2 Å². The maximum Gasteiger partial charge on any atom is 0.264 e. The van der Waals surface area contributed by atoms with Gasteiger partial charge in [-0.1, -0.05) is 24.3 Å². The van der Waals surface area contributed by atoms with Crippen molar-refractivity contribution in [1.82, 2.24) is 30.5 Å². The number of hydrogen-bond acceptors (Lipinski definition) is 6. The molecule has 0 aliphatic carbocycles. The van der Waals surface area contributed by atoms with Gasteiger partial charge in [0, 0.05) is 24.2 Å². The van der Waals surface area contributed by atoms with E-state index in [1.807, 2.05) is 31.2 Å². The maximum atomic E-state index is 13.0. The number of pyridine rings is 1. The van der Waals surface area contributed by atoms with Crippen LogP contribution in [0.15, 0.2) is 71.9 Å². The molecule has 0 saturated heterocycles. The number of carbonyl (C=O) groups is 1. The van der Waals surface area contributed by atoms with Crippen molar-refractivity contribution in [2.75, 3.05) is 0 Å². The minimum Gasteiger partial charge on any atom is -0.345 e. The van der Waals surface area contributed by atoms with E-state index in [-0.39, 0.29) is 17.4 Å². The predicted octanol–water partition coefficient (Wildman–Crippen LogP) is 2.92. The van der Waals surface area contributed by atoms with Crippen molar-refractivity contribution in [3.05, 3.63) is 94.5 Å². The summed E-state index contributed by atoms with van der Waals surface area (Å²) in [5, 5.41) is 10.4. The first kappa shape index (κ1) is 20.0. The van der Waals surface area contributed by atoms with Gasteiger partial charge in [-0.25, -0.2) is 9.97 Å². The molecular weight excluding hydrogens is 399 g/mol. The lowest BCUT2D eigenvalue weighted by Gasteiger charge is -2.15. The third-order valence-electron chi connectivity index (χ3n) is 4.68. The average Bonchev–Trinajstić information content (AvgIpc) is 2.80. The number of carbonyl (C=O) groups excluding carboxylic acids is 1. The molecule has 3 heterocycles. The summed E-state index contributed by atoms with van der Waals surface area (Å²) in [4.78, 5) is 35.2. The molecule has 154 valence electrons. The lowest BCUT2D eigenvalue weighted by atomic mass is 10.0. The standard InChI is InChI=1S/C22H17FN6O2/c1-13(14-4-6-15(7-5-14)16-8-9-19(23)24-11-16)27-21(30)17-12-25-20(28-22(17)31)18-3-2-10-26-29-18/h2-13H,1H3,(H,27,30)(H,25,28,31)/t13-/m0/s1. The number of nitrogens with one attached hydrogen (secondary N) is 2. The molecular formula is C22H17FN6O2.